The summed E-state index contributed by atoms with van der Waals surface area (Å²) in [5.41, 5.74) is 6.41. The molecule has 1 aliphatic carbocycles. The van der Waals surface area contributed by atoms with Crippen LogP contribution in [0.4, 0.5) is 0 Å². The van der Waals surface area contributed by atoms with Crippen molar-refractivity contribution < 1.29 is 4.74 Å². The Bertz CT molecular complexity index is 916. The summed E-state index contributed by atoms with van der Waals surface area (Å²) >= 11 is 0. The number of morpholine rings is 1. The van der Waals surface area contributed by atoms with E-state index in [9.17, 15) is 0 Å². The quantitative estimate of drug-likeness (QED) is 0.676. The van der Waals surface area contributed by atoms with E-state index in [2.05, 4.69) is 95.9 Å². The topological polar surface area (TPSA) is 12.5 Å². The molecule has 1 aliphatic heterocycles. The van der Waals surface area contributed by atoms with E-state index >= 15 is 0 Å². The maximum Gasteiger partial charge on any atom is 0.0661 e. The monoisotopic (exact) mass is 353 g/mol. The molecule has 0 saturated carbocycles. The van der Waals surface area contributed by atoms with Crippen LogP contribution in [0.2, 0.25) is 0 Å². The Kier molecular flexibility index (Phi) is 4.06. The van der Waals surface area contributed by atoms with Gasteiger partial charge in [0.2, 0.25) is 0 Å². The van der Waals surface area contributed by atoms with Crippen LogP contribution in [0.15, 0.2) is 91.0 Å². The van der Waals surface area contributed by atoms with Gasteiger partial charge >= 0.3 is 0 Å². The molecular weight excluding hydrogens is 330 g/mol. The van der Waals surface area contributed by atoms with Gasteiger partial charge in [0.15, 0.2) is 0 Å². The van der Waals surface area contributed by atoms with Gasteiger partial charge < -0.3 is 9.64 Å². The summed E-state index contributed by atoms with van der Waals surface area (Å²) < 4.78 is 5.60. The lowest BCUT2D eigenvalue weighted by molar-refractivity contribution is 0.0640. The first-order valence-electron chi connectivity index (χ1n) is 9.66. The fourth-order valence-corrected chi connectivity index (χ4v) is 4.52. The van der Waals surface area contributed by atoms with Crippen LogP contribution in [-0.4, -0.2) is 31.2 Å². The molecule has 0 spiro atoms. The maximum absolute atomic E-state index is 5.60. The molecule has 0 unspecified atom stereocenters. The predicted octanol–water partition coefficient (Wildman–Crippen LogP) is 4.71. The van der Waals surface area contributed by atoms with Crippen molar-refractivity contribution in [2.24, 2.45) is 0 Å². The molecule has 5 rings (SSSR count). The number of nitrogens with zero attached hydrogens (tertiary/aromatic N) is 1. The zero-order valence-electron chi connectivity index (χ0n) is 15.3. The first kappa shape index (κ1) is 16.3. The molecule has 0 amide bonds. The number of allylic oxidation sites excluding steroid dienone is 1. The van der Waals surface area contributed by atoms with Crippen molar-refractivity contribution in [1.82, 2.24) is 4.90 Å². The largest absolute Gasteiger partial charge is 0.378 e. The van der Waals surface area contributed by atoms with Gasteiger partial charge in [0, 0.05) is 24.4 Å². The highest BCUT2D eigenvalue weighted by atomic mass is 16.5. The van der Waals surface area contributed by atoms with Gasteiger partial charge in [-0.3, -0.25) is 0 Å². The summed E-state index contributed by atoms with van der Waals surface area (Å²) in [6.45, 7) is 3.48. The van der Waals surface area contributed by atoms with E-state index in [1.807, 2.05) is 0 Å². The summed E-state index contributed by atoms with van der Waals surface area (Å²) in [7, 11) is 0. The van der Waals surface area contributed by atoms with E-state index in [0.717, 1.165) is 26.3 Å². The third-order valence-electron chi connectivity index (χ3n) is 5.79. The van der Waals surface area contributed by atoms with Gasteiger partial charge in [-0.25, -0.2) is 0 Å². The van der Waals surface area contributed by atoms with Gasteiger partial charge in [-0.15, -0.1) is 0 Å². The lowest BCUT2D eigenvalue weighted by Gasteiger charge is -2.31. The first-order valence-corrected chi connectivity index (χ1v) is 9.66. The fraction of sp³-hybridized carbons (Fsp3) is 0.200. The maximum atomic E-state index is 5.60. The van der Waals surface area contributed by atoms with Gasteiger partial charge in [-0.2, -0.15) is 0 Å². The highest BCUT2D eigenvalue weighted by Gasteiger charge is 2.42. The van der Waals surface area contributed by atoms with Crippen LogP contribution in [0.3, 0.4) is 0 Å². The van der Waals surface area contributed by atoms with Crippen molar-refractivity contribution in [1.29, 1.82) is 0 Å². The average molecular weight is 353 g/mol. The average Bonchev–Trinajstić information content (AvgIpc) is 3.12. The molecule has 3 aromatic carbocycles. The second kappa shape index (κ2) is 6.71. The molecular formula is C25H23NO. The molecule has 27 heavy (non-hydrogen) atoms. The highest BCUT2D eigenvalue weighted by Crippen LogP contribution is 2.50. The zero-order valence-corrected chi connectivity index (χ0v) is 15.3. The Morgan fingerprint density at radius 2 is 1.22 bits per heavy atom. The van der Waals surface area contributed by atoms with Crippen LogP contribution in [0.5, 0.6) is 0 Å². The molecule has 2 heteroatoms. The summed E-state index contributed by atoms with van der Waals surface area (Å²) in [6.07, 6.45) is 2.48. The van der Waals surface area contributed by atoms with E-state index in [1.54, 1.807) is 0 Å². The molecule has 1 saturated heterocycles. The van der Waals surface area contributed by atoms with Crippen molar-refractivity contribution in [3.8, 4) is 0 Å². The number of hydrogen-bond acceptors (Lipinski definition) is 2. The number of benzene rings is 3. The van der Waals surface area contributed by atoms with Crippen LogP contribution in [0.25, 0.3) is 5.70 Å². The standard InChI is InChI=1S/C25H23NO/c1-3-9-20(10-4-1)25(21-11-5-2-6-12-21)19-24(26-15-17-27-18-16-26)22-13-7-8-14-23(22)25/h1-14,19H,15-18H2. The van der Waals surface area contributed by atoms with Crippen LogP contribution >= 0.6 is 0 Å². The lowest BCUT2D eigenvalue weighted by Crippen LogP contribution is -2.34. The lowest BCUT2D eigenvalue weighted by atomic mass is 9.71. The number of rotatable bonds is 3. The number of ether oxygens (including phenoxy) is 1. The molecule has 1 fully saturated rings. The molecule has 1 heterocycles. The van der Waals surface area contributed by atoms with E-state index in [4.69, 9.17) is 4.74 Å². The number of fused-ring (bicyclic) bond motifs is 1. The van der Waals surface area contributed by atoms with Crippen molar-refractivity contribution in [2.45, 2.75) is 5.41 Å². The SMILES string of the molecule is C1=C(N2CCOCC2)c2ccccc2C1(c1ccccc1)c1ccccc1. The second-order valence-electron chi connectivity index (χ2n) is 7.21. The van der Waals surface area contributed by atoms with Crippen molar-refractivity contribution in [3.05, 3.63) is 113 Å². The Morgan fingerprint density at radius 1 is 0.667 bits per heavy atom. The second-order valence-corrected chi connectivity index (χ2v) is 7.21. The minimum atomic E-state index is -0.257. The molecule has 2 nitrogen and oxygen atoms in total. The van der Waals surface area contributed by atoms with Gasteiger partial charge in [-0.05, 0) is 22.8 Å². The molecule has 0 aromatic heterocycles. The van der Waals surface area contributed by atoms with E-state index < -0.39 is 0 Å². The predicted molar refractivity (Wildman–Crippen MR) is 110 cm³/mol. The van der Waals surface area contributed by atoms with Crippen LogP contribution in [0, 0.1) is 0 Å². The molecule has 0 atom stereocenters. The van der Waals surface area contributed by atoms with Crippen molar-refractivity contribution >= 4 is 5.70 Å². The normalized spacial score (nSPS) is 18.1. The Labute approximate surface area is 160 Å². The van der Waals surface area contributed by atoms with E-state index in [1.165, 1.54) is 28.0 Å². The third-order valence-corrected chi connectivity index (χ3v) is 5.79. The molecule has 2 aliphatic rings. The van der Waals surface area contributed by atoms with Gasteiger partial charge in [0.1, 0.15) is 0 Å². The zero-order chi connectivity index (χ0) is 18.1. The number of hydrogen-bond donors (Lipinski definition) is 0. The summed E-state index contributed by atoms with van der Waals surface area (Å²) in [4.78, 5) is 2.48. The fourth-order valence-electron chi connectivity index (χ4n) is 4.52. The van der Waals surface area contributed by atoms with Crippen LogP contribution < -0.4 is 0 Å². The van der Waals surface area contributed by atoms with Gasteiger partial charge in [0.25, 0.3) is 0 Å². The third kappa shape index (κ3) is 2.60. The van der Waals surface area contributed by atoms with Crippen LogP contribution in [-0.2, 0) is 10.2 Å². The van der Waals surface area contributed by atoms with Crippen LogP contribution in [0.1, 0.15) is 22.3 Å². The molecule has 3 aromatic rings. The van der Waals surface area contributed by atoms with Gasteiger partial charge in [0.05, 0.1) is 18.6 Å². The summed E-state index contributed by atoms with van der Waals surface area (Å²) in [5, 5.41) is 0. The minimum Gasteiger partial charge on any atom is -0.378 e. The molecule has 0 N–H and O–H groups in total. The van der Waals surface area contributed by atoms with Gasteiger partial charge in [-0.1, -0.05) is 84.9 Å². The Balaban J connectivity index is 1.78. The van der Waals surface area contributed by atoms with Crippen molar-refractivity contribution in [2.75, 3.05) is 26.3 Å². The van der Waals surface area contributed by atoms with Crippen molar-refractivity contribution in [3.63, 3.8) is 0 Å². The Morgan fingerprint density at radius 3 is 1.85 bits per heavy atom. The van der Waals surface area contributed by atoms with E-state index in [0.29, 0.717) is 0 Å². The molecule has 134 valence electrons. The summed E-state index contributed by atoms with van der Waals surface area (Å²) in [5.74, 6) is 0. The molecule has 0 bridgehead atoms. The molecule has 0 radical (unpaired) electrons. The van der Waals surface area contributed by atoms with E-state index in [-0.39, 0.29) is 5.41 Å². The first-order chi connectivity index (χ1) is 13.4. The highest BCUT2D eigenvalue weighted by molar-refractivity contribution is 5.80. The smallest absolute Gasteiger partial charge is 0.0661 e. The summed E-state index contributed by atoms with van der Waals surface area (Å²) in [6, 6.07) is 30.6. The minimum absolute atomic E-state index is 0.257. The Hall–Kier alpha value is -2.84.